The third kappa shape index (κ3) is 2.81. The number of rotatable bonds is 2. The second-order valence-electron chi connectivity index (χ2n) is 7.64. The van der Waals surface area contributed by atoms with Crippen LogP contribution in [0.25, 0.3) is 0 Å². The van der Waals surface area contributed by atoms with Crippen molar-refractivity contribution in [2.45, 2.75) is 45.6 Å². The number of carbonyl (C=O) groups is 4. The summed E-state index contributed by atoms with van der Waals surface area (Å²) in [7, 11) is 1.33. The Morgan fingerprint density at radius 1 is 1.28 bits per heavy atom. The van der Waals surface area contributed by atoms with Gasteiger partial charge in [-0.2, -0.15) is 0 Å². The monoisotopic (exact) mass is 348 g/mol. The van der Waals surface area contributed by atoms with Crippen molar-refractivity contribution in [2.75, 3.05) is 7.11 Å². The maximum Gasteiger partial charge on any atom is 0.309 e. The van der Waals surface area contributed by atoms with Crippen molar-refractivity contribution in [1.29, 1.82) is 0 Å². The molecule has 0 radical (unpaired) electrons. The molecule has 3 rings (SSSR count). The molecule has 0 aromatic rings. The number of ether oxygens (including phenoxy) is 2. The number of ketones is 2. The zero-order chi connectivity index (χ0) is 18.4. The summed E-state index contributed by atoms with van der Waals surface area (Å²) in [4.78, 5) is 49.3. The molecule has 136 valence electrons. The van der Waals surface area contributed by atoms with Crippen LogP contribution < -0.4 is 0 Å². The summed E-state index contributed by atoms with van der Waals surface area (Å²) in [6.45, 7) is 3.20. The number of allylic oxidation sites excluding steroid dienone is 2. The van der Waals surface area contributed by atoms with E-state index in [2.05, 4.69) is 0 Å². The molecule has 0 aromatic carbocycles. The highest BCUT2D eigenvalue weighted by Crippen LogP contribution is 2.58. The van der Waals surface area contributed by atoms with Gasteiger partial charge in [0, 0.05) is 25.2 Å². The summed E-state index contributed by atoms with van der Waals surface area (Å²) in [5, 5.41) is 0. The molecule has 0 heterocycles. The lowest BCUT2D eigenvalue weighted by Gasteiger charge is -2.55. The minimum absolute atomic E-state index is 0.0512. The predicted molar refractivity (Wildman–Crippen MR) is 87.3 cm³/mol. The molecule has 2 fully saturated rings. The Morgan fingerprint density at radius 2 is 2.00 bits per heavy atom. The van der Waals surface area contributed by atoms with Crippen molar-refractivity contribution >= 4 is 23.5 Å². The van der Waals surface area contributed by atoms with E-state index in [1.807, 2.05) is 13.0 Å². The fourth-order valence-electron chi connectivity index (χ4n) is 5.22. The Morgan fingerprint density at radius 3 is 2.64 bits per heavy atom. The zero-order valence-corrected chi connectivity index (χ0v) is 14.8. The molecule has 25 heavy (non-hydrogen) atoms. The van der Waals surface area contributed by atoms with E-state index in [9.17, 15) is 19.2 Å². The number of hydrogen-bond donors (Lipinski definition) is 0. The summed E-state index contributed by atoms with van der Waals surface area (Å²) in [5.41, 5.74) is -0.576. The van der Waals surface area contributed by atoms with Crippen molar-refractivity contribution in [2.24, 2.45) is 29.1 Å². The number of methoxy groups -OCH3 is 1. The smallest absolute Gasteiger partial charge is 0.309 e. The standard InChI is InChI=1S/C19H24O6/c1-10(20)25-15-9-13(18(23)24-3)19(2)8-7-11-12(16(19)17(15)22)5-4-6-14(11)21/h4,6,11-13,15-16H,5,7-9H2,1-3H3/t11-,12+,13+,15+,16+,19+/m1/s1. The normalized spacial score (nSPS) is 40.0. The van der Waals surface area contributed by atoms with Crippen LogP contribution in [0.5, 0.6) is 0 Å². The maximum absolute atomic E-state index is 13.2. The molecule has 6 nitrogen and oxygen atoms in total. The molecule has 3 aliphatic rings. The average Bonchev–Trinajstić information content (AvgIpc) is 2.56. The van der Waals surface area contributed by atoms with Crippen molar-refractivity contribution in [1.82, 2.24) is 0 Å². The third-order valence-electron chi connectivity index (χ3n) is 6.37. The van der Waals surface area contributed by atoms with Crippen LogP contribution in [0.3, 0.4) is 0 Å². The summed E-state index contributed by atoms with van der Waals surface area (Å²) < 4.78 is 10.2. The first-order valence-electron chi connectivity index (χ1n) is 8.78. The van der Waals surface area contributed by atoms with Gasteiger partial charge in [0.15, 0.2) is 17.7 Å². The molecule has 0 N–H and O–H groups in total. The van der Waals surface area contributed by atoms with Gasteiger partial charge in [0.05, 0.1) is 13.0 Å². The summed E-state index contributed by atoms with van der Waals surface area (Å²) >= 11 is 0. The molecule has 0 aromatic heterocycles. The van der Waals surface area contributed by atoms with Crippen molar-refractivity contribution in [3.8, 4) is 0 Å². The van der Waals surface area contributed by atoms with Gasteiger partial charge < -0.3 is 9.47 Å². The van der Waals surface area contributed by atoms with Crippen LogP contribution in [-0.2, 0) is 28.7 Å². The van der Waals surface area contributed by atoms with Crippen LogP contribution in [0, 0.1) is 29.1 Å². The van der Waals surface area contributed by atoms with Gasteiger partial charge in [0.1, 0.15) is 0 Å². The van der Waals surface area contributed by atoms with Gasteiger partial charge in [-0.3, -0.25) is 19.2 Å². The Balaban J connectivity index is 2.02. The maximum atomic E-state index is 13.2. The first-order chi connectivity index (χ1) is 11.8. The highest BCUT2D eigenvalue weighted by molar-refractivity contribution is 5.96. The number of fused-ring (bicyclic) bond motifs is 3. The molecular formula is C19H24O6. The van der Waals surface area contributed by atoms with Crippen molar-refractivity contribution in [3.63, 3.8) is 0 Å². The summed E-state index contributed by atoms with van der Waals surface area (Å²) in [5.74, 6) is -2.37. The number of carbonyl (C=O) groups excluding carboxylic acids is 4. The average molecular weight is 348 g/mol. The lowest BCUT2D eigenvalue weighted by molar-refractivity contribution is -0.181. The lowest BCUT2D eigenvalue weighted by Crippen LogP contribution is -2.60. The first-order valence-corrected chi connectivity index (χ1v) is 8.78. The van der Waals surface area contributed by atoms with Crippen LogP contribution in [0.4, 0.5) is 0 Å². The van der Waals surface area contributed by atoms with Crippen LogP contribution in [0.2, 0.25) is 0 Å². The quantitative estimate of drug-likeness (QED) is 0.708. The van der Waals surface area contributed by atoms with Gasteiger partial charge in [0.2, 0.25) is 0 Å². The first kappa shape index (κ1) is 17.8. The van der Waals surface area contributed by atoms with Crippen LogP contribution >= 0.6 is 0 Å². The Labute approximate surface area is 146 Å². The molecule has 0 aliphatic heterocycles. The van der Waals surface area contributed by atoms with Gasteiger partial charge in [-0.05, 0) is 36.7 Å². The van der Waals surface area contributed by atoms with E-state index in [0.717, 1.165) is 0 Å². The Hall–Kier alpha value is -1.98. The predicted octanol–water partition coefficient (Wildman–Crippen LogP) is 1.86. The molecular weight excluding hydrogens is 324 g/mol. The van der Waals surface area contributed by atoms with E-state index >= 15 is 0 Å². The number of esters is 2. The highest BCUT2D eigenvalue weighted by Gasteiger charge is 2.61. The molecule has 0 saturated heterocycles. The van der Waals surface area contributed by atoms with Crippen LogP contribution in [0.15, 0.2) is 12.2 Å². The lowest BCUT2D eigenvalue weighted by atomic mass is 9.48. The Kier molecular flexibility index (Phi) is 4.56. The second kappa shape index (κ2) is 6.39. The summed E-state index contributed by atoms with van der Waals surface area (Å²) in [6, 6.07) is 0. The fraction of sp³-hybridized carbons (Fsp3) is 0.684. The topological polar surface area (TPSA) is 86.7 Å². The van der Waals surface area contributed by atoms with E-state index in [1.165, 1.54) is 14.0 Å². The molecule has 0 amide bonds. The largest absolute Gasteiger partial charge is 0.469 e. The highest BCUT2D eigenvalue weighted by atomic mass is 16.5. The van der Waals surface area contributed by atoms with E-state index in [0.29, 0.717) is 19.3 Å². The second-order valence-corrected chi connectivity index (χ2v) is 7.64. The van der Waals surface area contributed by atoms with E-state index in [4.69, 9.17) is 9.47 Å². The molecule has 2 saturated carbocycles. The minimum Gasteiger partial charge on any atom is -0.469 e. The van der Waals surface area contributed by atoms with Crippen LogP contribution in [-0.4, -0.2) is 36.7 Å². The van der Waals surface area contributed by atoms with Gasteiger partial charge >= 0.3 is 11.9 Å². The van der Waals surface area contributed by atoms with E-state index in [1.54, 1.807) is 6.08 Å². The van der Waals surface area contributed by atoms with Gasteiger partial charge in [-0.15, -0.1) is 0 Å². The third-order valence-corrected chi connectivity index (χ3v) is 6.37. The van der Waals surface area contributed by atoms with Gasteiger partial charge in [0.25, 0.3) is 0 Å². The molecule has 0 spiro atoms. The SMILES string of the molecule is COC(=O)[C@@H]1C[C@H](OC(C)=O)C(=O)[C@@H]2[C@H]3CC=CC(=O)[C@@H]3CC[C@]21C. The van der Waals surface area contributed by atoms with Gasteiger partial charge in [-0.1, -0.05) is 13.0 Å². The van der Waals surface area contributed by atoms with E-state index < -0.39 is 29.3 Å². The summed E-state index contributed by atoms with van der Waals surface area (Å²) in [6.07, 6.45) is 4.52. The zero-order valence-electron chi connectivity index (χ0n) is 14.8. The molecule has 6 heteroatoms. The number of hydrogen-bond acceptors (Lipinski definition) is 6. The van der Waals surface area contributed by atoms with E-state index in [-0.39, 0.29) is 35.8 Å². The number of Topliss-reactive ketones (excluding diaryl/α,β-unsaturated/α-hetero) is 1. The van der Waals surface area contributed by atoms with Crippen molar-refractivity contribution in [3.05, 3.63) is 12.2 Å². The molecule has 0 bridgehead atoms. The van der Waals surface area contributed by atoms with Crippen LogP contribution in [0.1, 0.15) is 39.5 Å². The molecule has 3 aliphatic carbocycles. The van der Waals surface area contributed by atoms with Gasteiger partial charge in [-0.25, -0.2) is 0 Å². The fourth-order valence-corrected chi connectivity index (χ4v) is 5.22. The van der Waals surface area contributed by atoms with Crippen molar-refractivity contribution < 1.29 is 28.7 Å². The molecule has 0 unspecified atom stereocenters. The minimum atomic E-state index is -0.945. The Bertz CT molecular complexity index is 650. The molecule has 6 atom stereocenters.